The maximum absolute atomic E-state index is 5.74. The number of rotatable bonds is 5. The normalized spacial score (nSPS) is 12.1. The van der Waals surface area contributed by atoms with Crippen molar-refractivity contribution >= 4 is 30.2 Å². The SMILES string of the molecule is CCc1cccc(O[PH](=S)S)c1Cc1ccccc1. The highest BCUT2D eigenvalue weighted by atomic mass is 32.9. The molecule has 100 valence electrons. The zero-order chi connectivity index (χ0) is 13.7. The Balaban J connectivity index is 2.38. The van der Waals surface area contributed by atoms with E-state index in [1.54, 1.807) is 0 Å². The molecule has 0 heterocycles. The van der Waals surface area contributed by atoms with E-state index in [1.165, 1.54) is 16.7 Å². The zero-order valence-electron chi connectivity index (χ0n) is 10.8. The second-order valence-corrected chi connectivity index (χ2v) is 8.25. The van der Waals surface area contributed by atoms with Crippen LogP contribution in [0.5, 0.6) is 5.75 Å². The van der Waals surface area contributed by atoms with Crippen LogP contribution in [-0.4, -0.2) is 0 Å². The summed E-state index contributed by atoms with van der Waals surface area (Å²) in [7, 11) is 0. The number of aryl methyl sites for hydroxylation is 1. The molecule has 2 rings (SSSR count). The van der Waals surface area contributed by atoms with Gasteiger partial charge in [0.2, 0.25) is 0 Å². The Kier molecular flexibility index (Phi) is 5.50. The van der Waals surface area contributed by atoms with Crippen molar-refractivity contribution in [3.05, 3.63) is 65.2 Å². The fourth-order valence-electron chi connectivity index (χ4n) is 2.13. The minimum Gasteiger partial charge on any atom is -0.459 e. The number of thiol groups is 1. The Hall–Kier alpha value is -0.760. The third kappa shape index (κ3) is 4.10. The van der Waals surface area contributed by atoms with Gasteiger partial charge in [-0.05, 0) is 35.4 Å². The first kappa shape index (κ1) is 14.6. The molecular weight excluding hydrogens is 291 g/mol. The lowest BCUT2D eigenvalue weighted by Gasteiger charge is -2.14. The van der Waals surface area contributed by atoms with E-state index in [0.717, 1.165) is 18.6 Å². The molecule has 0 aliphatic heterocycles. The predicted molar refractivity (Wildman–Crippen MR) is 90.4 cm³/mol. The molecular formula is C15H17OPS2. The van der Waals surface area contributed by atoms with Gasteiger partial charge in [-0.15, -0.1) is 12.2 Å². The van der Waals surface area contributed by atoms with Crippen LogP contribution in [0.3, 0.4) is 0 Å². The van der Waals surface area contributed by atoms with Gasteiger partial charge in [0.25, 0.3) is 0 Å². The van der Waals surface area contributed by atoms with E-state index in [4.69, 9.17) is 16.3 Å². The highest BCUT2D eigenvalue weighted by Crippen LogP contribution is 2.35. The minimum absolute atomic E-state index is 0.873. The Morgan fingerprint density at radius 2 is 1.84 bits per heavy atom. The van der Waals surface area contributed by atoms with E-state index in [0.29, 0.717) is 0 Å². The molecule has 0 fully saturated rings. The fraction of sp³-hybridized carbons (Fsp3) is 0.200. The summed E-state index contributed by atoms with van der Waals surface area (Å²) in [4.78, 5) is 0. The van der Waals surface area contributed by atoms with Gasteiger partial charge in [-0.2, -0.15) is 0 Å². The molecule has 1 nitrogen and oxygen atoms in total. The molecule has 2 aromatic carbocycles. The van der Waals surface area contributed by atoms with E-state index >= 15 is 0 Å². The van der Waals surface area contributed by atoms with Crippen LogP contribution >= 0.6 is 18.4 Å². The van der Waals surface area contributed by atoms with Gasteiger partial charge in [0.1, 0.15) is 5.75 Å². The lowest BCUT2D eigenvalue weighted by molar-refractivity contribution is 0.629. The van der Waals surface area contributed by atoms with Gasteiger partial charge in [-0.3, -0.25) is 0 Å². The summed E-state index contributed by atoms with van der Waals surface area (Å²) in [5, 5.41) is 0. The first-order chi connectivity index (χ1) is 9.20. The van der Waals surface area contributed by atoms with Crippen LogP contribution in [0.1, 0.15) is 23.6 Å². The first-order valence-electron chi connectivity index (χ1n) is 6.26. The Morgan fingerprint density at radius 3 is 2.47 bits per heavy atom. The van der Waals surface area contributed by atoms with Crippen molar-refractivity contribution in [2.24, 2.45) is 0 Å². The number of hydrogen-bond donors (Lipinski definition) is 1. The topological polar surface area (TPSA) is 9.23 Å². The molecule has 0 radical (unpaired) electrons. The molecule has 0 aliphatic rings. The molecule has 0 saturated heterocycles. The van der Waals surface area contributed by atoms with Gasteiger partial charge in [0.15, 0.2) is 6.13 Å². The number of hydrogen-bond acceptors (Lipinski definition) is 2. The highest BCUT2D eigenvalue weighted by molar-refractivity contribution is 8.54. The highest BCUT2D eigenvalue weighted by Gasteiger charge is 2.09. The average molecular weight is 308 g/mol. The largest absolute Gasteiger partial charge is 0.459 e. The molecule has 0 saturated carbocycles. The lowest BCUT2D eigenvalue weighted by Crippen LogP contribution is -1.97. The minimum atomic E-state index is -1.45. The summed E-state index contributed by atoms with van der Waals surface area (Å²) in [6.45, 7) is 2.16. The molecule has 2 aromatic rings. The predicted octanol–water partition coefficient (Wildman–Crippen LogP) is 4.65. The molecule has 0 spiro atoms. The van der Waals surface area contributed by atoms with Gasteiger partial charge in [-0.25, -0.2) is 0 Å². The van der Waals surface area contributed by atoms with Crippen molar-refractivity contribution in [3.63, 3.8) is 0 Å². The van der Waals surface area contributed by atoms with Crippen LogP contribution in [0, 0.1) is 0 Å². The van der Waals surface area contributed by atoms with Crippen molar-refractivity contribution in [2.75, 3.05) is 0 Å². The third-order valence-electron chi connectivity index (χ3n) is 3.03. The summed E-state index contributed by atoms with van der Waals surface area (Å²) in [5.74, 6) is 0.891. The van der Waals surface area contributed by atoms with Crippen LogP contribution in [0.2, 0.25) is 0 Å². The Morgan fingerprint density at radius 1 is 1.11 bits per heavy atom. The van der Waals surface area contributed by atoms with E-state index < -0.39 is 6.13 Å². The fourth-order valence-corrected chi connectivity index (χ4v) is 3.08. The smallest absolute Gasteiger partial charge is 0.153 e. The van der Waals surface area contributed by atoms with Gasteiger partial charge in [0.05, 0.1) is 0 Å². The van der Waals surface area contributed by atoms with Crippen molar-refractivity contribution in [3.8, 4) is 5.75 Å². The number of benzene rings is 2. The van der Waals surface area contributed by atoms with E-state index in [2.05, 4.69) is 49.5 Å². The van der Waals surface area contributed by atoms with Crippen LogP contribution in [0.15, 0.2) is 48.5 Å². The van der Waals surface area contributed by atoms with Crippen LogP contribution in [0.4, 0.5) is 0 Å². The summed E-state index contributed by atoms with van der Waals surface area (Å²) >= 11 is 9.35. The second-order valence-electron chi connectivity index (χ2n) is 4.28. The van der Waals surface area contributed by atoms with E-state index in [1.807, 2.05) is 18.2 Å². The molecule has 0 aromatic heterocycles. The zero-order valence-corrected chi connectivity index (χ0v) is 13.5. The van der Waals surface area contributed by atoms with Crippen molar-refractivity contribution in [1.82, 2.24) is 0 Å². The van der Waals surface area contributed by atoms with Gasteiger partial charge >= 0.3 is 0 Å². The molecule has 0 bridgehead atoms. The third-order valence-corrected chi connectivity index (χ3v) is 3.95. The molecule has 0 amide bonds. The quantitative estimate of drug-likeness (QED) is 0.636. The standard InChI is InChI=1S/C15H17OPS2/c1-2-13-9-6-10-15(16-17(18)19)14(13)11-12-7-4-3-5-8-12/h3-10,17H,2,11H2,1H3,(H,18,19). The lowest BCUT2D eigenvalue weighted by atomic mass is 9.97. The summed E-state index contributed by atoms with van der Waals surface area (Å²) in [5.41, 5.74) is 3.83. The van der Waals surface area contributed by atoms with Crippen molar-refractivity contribution in [2.45, 2.75) is 19.8 Å². The first-order valence-corrected chi connectivity index (χ1v) is 10.1. The molecule has 1 atom stereocenters. The van der Waals surface area contributed by atoms with Gasteiger partial charge in [0, 0.05) is 12.0 Å². The summed E-state index contributed by atoms with van der Waals surface area (Å²) in [6.07, 6.45) is 0.418. The van der Waals surface area contributed by atoms with Crippen LogP contribution < -0.4 is 4.52 Å². The molecule has 4 heteroatoms. The van der Waals surface area contributed by atoms with Gasteiger partial charge in [-0.1, -0.05) is 49.4 Å². The maximum atomic E-state index is 5.74. The van der Waals surface area contributed by atoms with Gasteiger partial charge < -0.3 is 4.52 Å². The van der Waals surface area contributed by atoms with Crippen LogP contribution in [-0.2, 0) is 24.6 Å². The van der Waals surface area contributed by atoms with E-state index in [9.17, 15) is 0 Å². The second kappa shape index (κ2) is 7.14. The van der Waals surface area contributed by atoms with Crippen molar-refractivity contribution < 1.29 is 4.52 Å². The summed E-state index contributed by atoms with van der Waals surface area (Å²) in [6, 6.07) is 16.6. The Labute approximate surface area is 125 Å². The molecule has 0 N–H and O–H groups in total. The Bertz CT molecular complexity index is 570. The molecule has 1 unspecified atom stereocenters. The molecule has 0 aliphatic carbocycles. The van der Waals surface area contributed by atoms with E-state index in [-0.39, 0.29) is 0 Å². The monoisotopic (exact) mass is 308 g/mol. The van der Waals surface area contributed by atoms with Crippen LogP contribution in [0.25, 0.3) is 0 Å². The summed E-state index contributed by atoms with van der Waals surface area (Å²) < 4.78 is 5.74. The van der Waals surface area contributed by atoms with Crippen molar-refractivity contribution in [1.29, 1.82) is 0 Å². The average Bonchev–Trinajstić information content (AvgIpc) is 2.41. The molecule has 19 heavy (non-hydrogen) atoms. The maximum Gasteiger partial charge on any atom is 0.153 e.